The topological polar surface area (TPSA) is 62.3 Å². The lowest BCUT2D eigenvalue weighted by atomic mass is 10.3. The molecule has 2 aromatic rings. The van der Waals surface area contributed by atoms with E-state index in [2.05, 4.69) is 10.3 Å². The monoisotopic (exact) mass is 347 g/mol. The van der Waals surface area contributed by atoms with E-state index in [4.69, 9.17) is 0 Å². The molecule has 1 heterocycles. The highest BCUT2D eigenvalue weighted by Crippen LogP contribution is 2.30. The van der Waals surface area contributed by atoms with Crippen molar-refractivity contribution in [3.63, 3.8) is 0 Å². The summed E-state index contributed by atoms with van der Waals surface area (Å²) in [6, 6.07) is 6.02. The van der Waals surface area contributed by atoms with E-state index in [9.17, 15) is 14.0 Å². The van der Waals surface area contributed by atoms with Crippen LogP contribution in [-0.2, 0) is 9.59 Å². The molecule has 0 saturated heterocycles. The van der Waals surface area contributed by atoms with Crippen molar-refractivity contribution < 1.29 is 14.0 Å². The molecule has 0 aliphatic rings. The van der Waals surface area contributed by atoms with Gasteiger partial charge in [-0.15, -0.1) is 11.3 Å². The first-order valence-electron chi connectivity index (χ1n) is 7.49. The second-order valence-electron chi connectivity index (χ2n) is 4.99. The first kappa shape index (κ1) is 17.8. The number of thiazole rings is 1. The first-order valence-corrected chi connectivity index (χ1v) is 8.37. The molecule has 1 aromatic heterocycles. The number of amides is 2. The minimum atomic E-state index is -0.501. The number of aromatic nitrogens is 1. The summed E-state index contributed by atoms with van der Waals surface area (Å²) in [6.07, 6.45) is 3.80. The number of hydrogen-bond donors (Lipinski definition) is 1. The molecule has 7 heteroatoms. The Kier molecular flexibility index (Phi) is 6.20. The zero-order chi connectivity index (χ0) is 17.5. The molecule has 0 aliphatic carbocycles. The third-order valence-electron chi connectivity index (χ3n) is 3.06. The first-order chi connectivity index (χ1) is 11.5. The Hall–Kier alpha value is -2.54. The van der Waals surface area contributed by atoms with Crippen LogP contribution in [0.15, 0.2) is 35.7 Å². The lowest BCUT2D eigenvalue weighted by molar-refractivity contribution is -0.117. The van der Waals surface area contributed by atoms with Gasteiger partial charge in [-0.05, 0) is 24.6 Å². The third-order valence-corrected chi connectivity index (χ3v) is 3.91. The van der Waals surface area contributed by atoms with Gasteiger partial charge >= 0.3 is 0 Å². The smallest absolute Gasteiger partial charge is 0.244 e. The van der Waals surface area contributed by atoms with Crippen LogP contribution in [0.3, 0.4) is 0 Å². The number of benzene rings is 1. The lowest BCUT2D eigenvalue weighted by Crippen LogP contribution is -2.23. The van der Waals surface area contributed by atoms with E-state index in [1.54, 1.807) is 23.6 Å². The van der Waals surface area contributed by atoms with Crippen molar-refractivity contribution in [2.45, 2.75) is 20.3 Å². The van der Waals surface area contributed by atoms with Gasteiger partial charge in [0, 0.05) is 24.9 Å². The van der Waals surface area contributed by atoms with Crippen molar-refractivity contribution in [1.82, 2.24) is 10.3 Å². The van der Waals surface area contributed by atoms with Gasteiger partial charge in [0.2, 0.25) is 11.8 Å². The zero-order valence-corrected chi connectivity index (χ0v) is 14.3. The van der Waals surface area contributed by atoms with Crippen LogP contribution in [0.4, 0.5) is 15.2 Å². The molecule has 0 aliphatic heterocycles. The lowest BCUT2D eigenvalue weighted by Gasteiger charge is -2.18. The van der Waals surface area contributed by atoms with Crippen LogP contribution in [0.5, 0.6) is 0 Å². The molecule has 0 fully saturated rings. The predicted molar refractivity (Wildman–Crippen MR) is 93.7 cm³/mol. The Balaban J connectivity index is 2.21. The van der Waals surface area contributed by atoms with Crippen LogP contribution in [0.1, 0.15) is 26.0 Å². The van der Waals surface area contributed by atoms with Gasteiger partial charge in [-0.3, -0.25) is 14.5 Å². The molecular formula is C17H18FN3O2S. The highest BCUT2D eigenvalue weighted by atomic mass is 32.1. The summed E-state index contributed by atoms with van der Waals surface area (Å²) in [6.45, 7) is 3.92. The molecule has 0 unspecified atom stereocenters. The van der Waals surface area contributed by atoms with Crippen molar-refractivity contribution in [2.24, 2.45) is 0 Å². The van der Waals surface area contributed by atoms with Crippen molar-refractivity contribution >= 4 is 40.0 Å². The molecule has 2 rings (SSSR count). The van der Waals surface area contributed by atoms with E-state index in [0.29, 0.717) is 17.4 Å². The van der Waals surface area contributed by atoms with Crippen LogP contribution in [0, 0.1) is 5.82 Å². The molecule has 0 bridgehead atoms. The normalized spacial score (nSPS) is 10.8. The minimum Gasteiger partial charge on any atom is -0.353 e. The number of halogens is 1. The molecule has 126 valence electrons. The van der Waals surface area contributed by atoms with E-state index in [1.165, 1.54) is 41.4 Å². The van der Waals surface area contributed by atoms with Gasteiger partial charge in [-0.2, -0.15) is 0 Å². The molecule has 1 aromatic carbocycles. The van der Waals surface area contributed by atoms with Gasteiger partial charge < -0.3 is 5.32 Å². The van der Waals surface area contributed by atoms with Gasteiger partial charge in [-0.1, -0.05) is 19.1 Å². The molecule has 0 atom stereocenters. The largest absolute Gasteiger partial charge is 0.353 e. The summed E-state index contributed by atoms with van der Waals surface area (Å²) in [5, 5.41) is 4.77. The van der Waals surface area contributed by atoms with Gasteiger partial charge in [0.1, 0.15) is 5.82 Å². The Morgan fingerprint density at radius 3 is 2.79 bits per heavy atom. The number of para-hydroxylation sites is 1. The van der Waals surface area contributed by atoms with Crippen LogP contribution in [0.2, 0.25) is 0 Å². The second kappa shape index (κ2) is 8.35. The average molecular weight is 347 g/mol. The highest BCUT2D eigenvalue weighted by molar-refractivity contribution is 7.14. The number of nitrogens with zero attached hydrogens (tertiary/aromatic N) is 2. The summed E-state index contributed by atoms with van der Waals surface area (Å²) in [4.78, 5) is 29.0. The van der Waals surface area contributed by atoms with Gasteiger partial charge in [0.25, 0.3) is 0 Å². The Labute approximate surface area is 143 Å². The standard InChI is InChI=1S/C17H18FN3O2S/c1-3-10-19-16(23)9-8-13-11-24-17(20-13)21(12(2)22)15-7-5-4-6-14(15)18/h4-9,11H,3,10H2,1-2H3,(H,19,23)/b9-8+. The van der Waals surface area contributed by atoms with E-state index in [0.717, 1.165) is 6.42 Å². The van der Waals surface area contributed by atoms with Crippen LogP contribution in [-0.4, -0.2) is 23.3 Å². The number of hydrogen-bond acceptors (Lipinski definition) is 4. The Morgan fingerprint density at radius 2 is 2.12 bits per heavy atom. The fourth-order valence-corrected chi connectivity index (χ4v) is 2.81. The summed E-state index contributed by atoms with van der Waals surface area (Å²) in [7, 11) is 0. The Bertz CT molecular complexity index is 758. The molecule has 0 radical (unpaired) electrons. The zero-order valence-electron chi connectivity index (χ0n) is 13.5. The number of carbonyl (C=O) groups excluding carboxylic acids is 2. The third kappa shape index (κ3) is 4.48. The van der Waals surface area contributed by atoms with E-state index in [1.807, 2.05) is 6.92 Å². The molecule has 1 N–H and O–H groups in total. The van der Waals surface area contributed by atoms with Crippen molar-refractivity contribution in [1.29, 1.82) is 0 Å². The minimum absolute atomic E-state index is 0.149. The molecule has 0 spiro atoms. The maximum Gasteiger partial charge on any atom is 0.244 e. The second-order valence-corrected chi connectivity index (χ2v) is 5.82. The summed E-state index contributed by atoms with van der Waals surface area (Å²) < 4.78 is 14.0. The number of carbonyl (C=O) groups is 2. The fourth-order valence-electron chi connectivity index (χ4n) is 1.96. The average Bonchev–Trinajstić information content (AvgIpc) is 3.01. The number of nitrogens with one attached hydrogen (secondary N) is 1. The summed E-state index contributed by atoms with van der Waals surface area (Å²) >= 11 is 1.20. The quantitative estimate of drug-likeness (QED) is 0.814. The van der Waals surface area contributed by atoms with Crippen LogP contribution in [0.25, 0.3) is 6.08 Å². The predicted octanol–water partition coefficient (Wildman–Crippen LogP) is 3.51. The number of rotatable bonds is 6. The molecule has 2 amide bonds. The van der Waals surface area contributed by atoms with Gasteiger partial charge in [0.05, 0.1) is 11.4 Å². The van der Waals surface area contributed by atoms with Crippen molar-refractivity contribution in [2.75, 3.05) is 11.4 Å². The Morgan fingerprint density at radius 1 is 1.38 bits per heavy atom. The highest BCUT2D eigenvalue weighted by Gasteiger charge is 2.20. The SMILES string of the molecule is CCCNC(=O)/C=C/c1csc(N(C(C)=O)c2ccccc2F)n1. The molecule has 24 heavy (non-hydrogen) atoms. The molecule has 0 saturated carbocycles. The maximum atomic E-state index is 14.0. The summed E-state index contributed by atoms with van der Waals surface area (Å²) in [5.41, 5.74) is 0.680. The summed E-state index contributed by atoms with van der Waals surface area (Å²) in [5.74, 6) is -1.05. The molecule has 5 nitrogen and oxygen atoms in total. The van der Waals surface area contributed by atoms with E-state index < -0.39 is 5.82 Å². The number of anilines is 2. The van der Waals surface area contributed by atoms with E-state index in [-0.39, 0.29) is 17.5 Å². The molecular weight excluding hydrogens is 329 g/mol. The van der Waals surface area contributed by atoms with E-state index >= 15 is 0 Å². The van der Waals surface area contributed by atoms with Crippen molar-refractivity contribution in [3.8, 4) is 0 Å². The van der Waals surface area contributed by atoms with Crippen LogP contribution < -0.4 is 10.2 Å². The van der Waals surface area contributed by atoms with Crippen LogP contribution >= 0.6 is 11.3 Å². The van der Waals surface area contributed by atoms with Crippen molar-refractivity contribution in [3.05, 3.63) is 47.2 Å². The van der Waals surface area contributed by atoms with Gasteiger partial charge in [-0.25, -0.2) is 9.37 Å². The fraction of sp³-hybridized carbons (Fsp3) is 0.235. The maximum absolute atomic E-state index is 14.0. The van der Waals surface area contributed by atoms with Gasteiger partial charge in [0.15, 0.2) is 5.13 Å².